The average Bonchev–Trinajstić information content (AvgIpc) is 2.41. The molecule has 0 fully saturated rings. The van der Waals surface area contributed by atoms with Crippen LogP contribution in [0.3, 0.4) is 0 Å². The highest BCUT2D eigenvalue weighted by Gasteiger charge is 2.14. The third kappa shape index (κ3) is 8.09. The van der Waals surface area contributed by atoms with Gasteiger partial charge in [-0.3, -0.25) is 4.98 Å². The van der Waals surface area contributed by atoms with E-state index in [1.165, 1.54) is 5.56 Å². The molecule has 1 unspecified atom stereocenters. The summed E-state index contributed by atoms with van der Waals surface area (Å²) in [4.78, 5) is 15.4. The van der Waals surface area contributed by atoms with Crippen molar-refractivity contribution in [1.82, 2.24) is 15.6 Å². The smallest absolute Gasteiger partial charge is 0.407 e. The lowest BCUT2D eigenvalue weighted by Crippen LogP contribution is -2.32. The van der Waals surface area contributed by atoms with Gasteiger partial charge in [0.15, 0.2) is 0 Å². The van der Waals surface area contributed by atoms with E-state index in [2.05, 4.69) is 22.5 Å². The summed E-state index contributed by atoms with van der Waals surface area (Å²) < 4.78 is 5.13. The van der Waals surface area contributed by atoms with Gasteiger partial charge in [-0.15, -0.1) is 0 Å². The fraction of sp³-hybridized carbons (Fsp3) is 0.500. The zero-order valence-corrected chi connectivity index (χ0v) is 13.2. The van der Waals surface area contributed by atoms with Crippen LogP contribution in [-0.4, -0.2) is 29.8 Å². The Labute approximate surface area is 126 Å². The lowest BCUT2D eigenvalue weighted by atomic mass is 10.1. The van der Waals surface area contributed by atoms with Gasteiger partial charge in [0.05, 0.1) is 0 Å². The van der Waals surface area contributed by atoms with Crippen molar-refractivity contribution < 1.29 is 9.53 Å². The summed E-state index contributed by atoms with van der Waals surface area (Å²) in [5.41, 5.74) is 0.736. The number of carbonyl (C=O) groups is 1. The monoisotopic (exact) mass is 291 g/mol. The van der Waals surface area contributed by atoms with Crippen LogP contribution >= 0.6 is 0 Å². The Bertz CT molecular complexity index is 452. The Hall–Kier alpha value is -1.88. The van der Waals surface area contributed by atoms with Crippen LogP contribution in [0.2, 0.25) is 0 Å². The van der Waals surface area contributed by atoms with E-state index >= 15 is 0 Å². The predicted molar refractivity (Wildman–Crippen MR) is 84.0 cm³/mol. The predicted octanol–water partition coefficient (Wildman–Crippen LogP) is 2.81. The number of hydrogen-bond donors (Lipinski definition) is 2. The molecule has 21 heavy (non-hydrogen) atoms. The van der Waals surface area contributed by atoms with Crippen molar-refractivity contribution >= 4 is 6.09 Å². The molecule has 1 atom stereocenters. The molecule has 116 valence electrons. The van der Waals surface area contributed by atoms with Crippen LogP contribution in [0, 0.1) is 0 Å². The van der Waals surface area contributed by atoms with Crippen LogP contribution in [0.5, 0.6) is 0 Å². The van der Waals surface area contributed by atoms with E-state index in [1.54, 1.807) is 12.4 Å². The highest BCUT2D eigenvalue weighted by molar-refractivity contribution is 5.67. The van der Waals surface area contributed by atoms with Crippen LogP contribution in [0.4, 0.5) is 4.79 Å². The van der Waals surface area contributed by atoms with Crippen molar-refractivity contribution in [1.29, 1.82) is 0 Å². The third-order valence-electron chi connectivity index (χ3n) is 2.68. The van der Waals surface area contributed by atoms with Gasteiger partial charge in [0.1, 0.15) is 5.60 Å². The standard InChI is InChI=1S/C16H25N3O2/c1-13(14-7-11-17-12-8-14)18-9-5-6-10-19-15(20)21-16(2,3)4/h5-8,11-13,18H,9-10H2,1-4H3,(H,19,20)/b6-5+. The number of amides is 1. The quantitative estimate of drug-likeness (QED) is 0.791. The average molecular weight is 291 g/mol. The molecule has 0 aliphatic rings. The van der Waals surface area contributed by atoms with Gasteiger partial charge < -0.3 is 15.4 Å². The lowest BCUT2D eigenvalue weighted by molar-refractivity contribution is 0.0534. The largest absolute Gasteiger partial charge is 0.444 e. The minimum absolute atomic E-state index is 0.261. The molecule has 1 aromatic rings. The highest BCUT2D eigenvalue weighted by Crippen LogP contribution is 2.09. The van der Waals surface area contributed by atoms with Crippen LogP contribution in [0.15, 0.2) is 36.7 Å². The van der Waals surface area contributed by atoms with Gasteiger partial charge in [0.2, 0.25) is 0 Å². The van der Waals surface area contributed by atoms with E-state index < -0.39 is 11.7 Å². The lowest BCUT2D eigenvalue weighted by Gasteiger charge is -2.19. The summed E-state index contributed by atoms with van der Waals surface area (Å²) >= 11 is 0. The van der Waals surface area contributed by atoms with Gasteiger partial charge in [-0.2, -0.15) is 0 Å². The Morgan fingerprint density at radius 1 is 1.29 bits per heavy atom. The van der Waals surface area contributed by atoms with Crippen molar-refractivity contribution in [2.75, 3.05) is 13.1 Å². The summed E-state index contributed by atoms with van der Waals surface area (Å²) in [5.74, 6) is 0. The Morgan fingerprint density at radius 2 is 1.90 bits per heavy atom. The molecule has 1 amide bonds. The maximum atomic E-state index is 11.4. The highest BCUT2D eigenvalue weighted by atomic mass is 16.6. The van der Waals surface area contributed by atoms with Crippen LogP contribution < -0.4 is 10.6 Å². The van der Waals surface area contributed by atoms with Gasteiger partial charge in [-0.05, 0) is 45.4 Å². The Kier molecular flexibility index (Phi) is 6.88. The molecule has 0 spiro atoms. The van der Waals surface area contributed by atoms with E-state index in [9.17, 15) is 4.79 Å². The van der Waals surface area contributed by atoms with Crippen molar-refractivity contribution in [2.45, 2.75) is 39.3 Å². The summed E-state index contributed by atoms with van der Waals surface area (Å²) in [6, 6.07) is 4.24. The first-order chi connectivity index (χ1) is 9.88. The van der Waals surface area contributed by atoms with Gasteiger partial charge in [0, 0.05) is 31.5 Å². The number of alkyl carbamates (subject to hydrolysis) is 1. The molecule has 2 N–H and O–H groups in total. The molecule has 5 heteroatoms. The van der Waals surface area contributed by atoms with Crippen LogP contribution in [0.1, 0.15) is 39.3 Å². The summed E-state index contributed by atoms with van der Waals surface area (Å²) in [5, 5.41) is 6.04. The van der Waals surface area contributed by atoms with Gasteiger partial charge in [0.25, 0.3) is 0 Å². The van der Waals surface area contributed by atoms with E-state index in [0.29, 0.717) is 6.54 Å². The number of nitrogens with one attached hydrogen (secondary N) is 2. The molecule has 0 bridgehead atoms. The molecule has 0 aromatic carbocycles. The summed E-state index contributed by atoms with van der Waals surface area (Å²) in [6.45, 7) is 8.81. The van der Waals surface area contributed by atoms with E-state index in [-0.39, 0.29) is 6.04 Å². The van der Waals surface area contributed by atoms with Crippen molar-refractivity contribution in [3.8, 4) is 0 Å². The topological polar surface area (TPSA) is 63.2 Å². The normalized spacial score (nSPS) is 13.1. The molecule has 1 aromatic heterocycles. The van der Waals surface area contributed by atoms with Crippen molar-refractivity contribution in [3.05, 3.63) is 42.2 Å². The van der Waals surface area contributed by atoms with Crippen LogP contribution in [-0.2, 0) is 4.74 Å². The molecule has 5 nitrogen and oxygen atoms in total. The maximum absolute atomic E-state index is 11.4. The Balaban J connectivity index is 2.17. The van der Waals surface area contributed by atoms with Gasteiger partial charge in [-0.1, -0.05) is 12.2 Å². The summed E-state index contributed by atoms with van der Waals surface area (Å²) in [7, 11) is 0. The second kappa shape index (κ2) is 8.42. The molecule has 0 radical (unpaired) electrons. The molecule has 0 aliphatic carbocycles. The number of aromatic nitrogens is 1. The van der Waals surface area contributed by atoms with Gasteiger partial charge in [-0.25, -0.2) is 4.79 Å². The third-order valence-corrected chi connectivity index (χ3v) is 2.68. The second-order valence-electron chi connectivity index (χ2n) is 5.76. The Morgan fingerprint density at radius 3 is 2.52 bits per heavy atom. The number of carbonyl (C=O) groups excluding carboxylic acids is 1. The fourth-order valence-corrected chi connectivity index (χ4v) is 1.64. The number of pyridine rings is 1. The first kappa shape index (κ1) is 17.2. The summed E-state index contributed by atoms with van der Waals surface area (Å²) in [6.07, 6.45) is 7.05. The van der Waals surface area contributed by atoms with E-state index in [0.717, 1.165) is 6.54 Å². The number of rotatable bonds is 6. The maximum Gasteiger partial charge on any atom is 0.407 e. The minimum atomic E-state index is -0.463. The minimum Gasteiger partial charge on any atom is -0.444 e. The fourth-order valence-electron chi connectivity index (χ4n) is 1.64. The molecule has 0 saturated heterocycles. The van der Waals surface area contributed by atoms with Gasteiger partial charge >= 0.3 is 6.09 Å². The molecular weight excluding hydrogens is 266 g/mol. The number of hydrogen-bond acceptors (Lipinski definition) is 4. The van der Waals surface area contributed by atoms with Crippen LogP contribution in [0.25, 0.3) is 0 Å². The second-order valence-corrected chi connectivity index (χ2v) is 5.76. The van der Waals surface area contributed by atoms with E-state index in [1.807, 2.05) is 45.1 Å². The molecular formula is C16H25N3O2. The zero-order chi connectivity index (χ0) is 15.7. The number of nitrogens with zero attached hydrogens (tertiary/aromatic N) is 1. The first-order valence-corrected chi connectivity index (χ1v) is 7.13. The molecule has 0 saturated carbocycles. The van der Waals surface area contributed by atoms with Crippen molar-refractivity contribution in [2.24, 2.45) is 0 Å². The van der Waals surface area contributed by atoms with E-state index in [4.69, 9.17) is 4.74 Å². The zero-order valence-electron chi connectivity index (χ0n) is 13.2. The molecule has 0 aliphatic heterocycles. The first-order valence-electron chi connectivity index (χ1n) is 7.13. The SMILES string of the molecule is CC(NC/C=C/CNC(=O)OC(C)(C)C)c1ccncc1. The number of ether oxygens (including phenoxy) is 1. The molecule has 1 rings (SSSR count). The van der Waals surface area contributed by atoms with Crippen molar-refractivity contribution in [3.63, 3.8) is 0 Å². The molecule has 1 heterocycles.